The molecule has 0 saturated carbocycles. The lowest BCUT2D eigenvalue weighted by molar-refractivity contribution is 0.630. The number of guanidine groups is 1. The molecule has 0 bridgehead atoms. The van der Waals surface area contributed by atoms with Gasteiger partial charge in [-0.15, -0.1) is 34.2 Å². The van der Waals surface area contributed by atoms with Crippen molar-refractivity contribution in [3.05, 3.63) is 12.2 Å². The van der Waals surface area contributed by atoms with Crippen molar-refractivity contribution in [1.82, 2.24) is 25.4 Å². The molecule has 0 aromatic carbocycles. The topological polar surface area (TPSA) is 67.1 Å². The molecule has 1 aromatic heterocycles. The summed E-state index contributed by atoms with van der Waals surface area (Å²) in [7, 11) is 1.81. The average molecular weight is 424 g/mol. The van der Waals surface area contributed by atoms with Gasteiger partial charge in [0, 0.05) is 38.4 Å². The normalized spacial score (nSPS) is 18.4. The summed E-state index contributed by atoms with van der Waals surface area (Å²) in [6.45, 7) is 4.77. The molecule has 1 fully saturated rings. The zero-order chi connectivity index (χ0) is 14.2. The Bertz CT molecular complexity index is 430. The quantitative estimate of drug-likeness (QED) is 0.412. The second-order valence-electron chi connectivity index (χ2n) is 4.81. The Balaban J connectivity index is 0.00000220. The smallest absolute Gasteiger partial charge is 0.191 e. The standard InChI is InChI=1S/C13H24N6S.HI/c1-3-12-18-17-10-19(12)7-6-15-13(14-2)16-9-11-5-4-8-20-11;/h10-11H,3-9H2,1-2H3,(H2,14,15,16);1H. The largest absolute Gasteiger partial charge is 0.355 e. The number of nitrogens with zero attached hydrogens (tertiary/aromatic N) is 4. The molecule has 2 N–H and O–H groups in total. The first-order valence-electron chi connectivity index (χ1n) is 7.26. The van der Waals surface area contributed by atoms with E-state index >= 15 is 0 Å². The summed E-state index contributed by atoms with van der Waals surface area (Å²) in [5.74, 6) is 3.20. The van der Waals surface area contributed by atoms with Crippen LogP contribution in [0.1, 0.15) is 25.6 Å². The molecule has 1 atom stereocenters. The highest BCUT2D eigenvalue weighted by atomic mass is 127. The maximum absolute atomic E-state index is 4.26. The van der Waals surface area contributed by atoms with Crippen LogP contribution in [0.5, 0.6) is 0 Å². The van der Waals surface area contributed by atoms with Gasteiger partial charge in [0.05, 0.1) is 0 Å². The van der Waals surface area contributed by atoms with Gasteiger partial charge >= 0.3 is 0 Å². The Hall–Kier alpha value is -0.510. The first-order valence-corrected chi connectivity index (χ1v) is 8.31. The number of aliphatic imine (C=N–C) groups is 1. The SMILES string of the molecule is CCc1nncn1CCNC(=NC)NCC1CCCS1.I. The summed E-state index contributed by atoms with van der Waals surface area (Å²) >= 11 is 2.06. The molecule has 120 valence electrons. The van der Waals surface area contributed by atoms with E-state index < -0.39 is 0 Å². The lowest BCUT2D eigenvalue weighted by atomic mass is 10.2. The van der Waals surface area contributed by atoms with Crippen LogP contribution in [0.25, 0.3) is 0 Å². The molecule has 1 aliphatic heterocycles. The van der Waals surface area contributed by atoms with Crippen molar-refractivity contribution in [2.45, 2.75) is 38.0 Å². The van der Waals surface area contributed by atoms with Gasteiger partial charge in [0.25, 0.3) is 0 Å². The van der Waals surface area contributed by atoms with Crippen LogP contribution in [0.4, 0.5) is 0 Å². The number of nitrogens with one attached hydrogen (secondary N) is 2. The van der Waals surface area contributed by atoms with E-state index in [2.05, 4.69) is 49.1 Å². The Morgan fingerprint density at radius 2 is 2.38 bits per heavy atom. The molecule has 1 aromatic rings. The number of thioether (sulfide) groups is 1. The first kappa shape index (κ1) is 18.5. The second-order valence-corrected chi connectivity index (χ2v) is 6.22. The van der Waals surface area contributed by atoms with Crippen LogP contribution in [0, 0.1) is 0 Å². The average Bonchev–Trinajstić information content (AvgIpc) is 3.13. The van der Waals surface area contributed by atoms with Gasteiger partial charge in [-0.3, -0.25) is 4.99 Å². The molecular weight excluding hydrogens is 399 g/mol. The third kappa shape index (κ3) is 6.01. The Kier molecular flexibility index (Phi) is 9.05. The fourth-order valence-electron chi connectivity index (χ4n) is 2.27. The summed E-state index contributed by atoms with van der Waals surface area (Å²) in [6, 6.07) is 0. The van der Waals surface area contributed by atoms with Gasteiger partial charge in [-0.25, -0.2) is 0 Å². The van der Waals surface area contributed by atoms with Crippen molar-refractivity contribution in [3.8, 4) is 0 Å². The second kappa shape index (κ2) is 10.3. The molecular formula is C13H25IN6S. The summed E-state index contributed by atoms with van der Waals surface area (Å²) < 4.78 is 2.08. The van der Waals surface area contributed by atoms with Crippen LogP contribution in [0.15, 0.2) is 11.3 Å². The van der Waals surface area contributed by atoms with Crippen molar-refractivity contribution >= 4 is 41.7 Å². The Morgan fingerprint density at radius 1 is 1.52 bits per heavy atom. The minimum absolute atomic E-state index is 0. The zero-order valence-electron chi connectivity index (χ0n) is 12.7. The molecule has 1 unspecified atom stereocenters. The molecule has 1 saturated heterocycles. The maximum Gasteiger partial charge on any atom is 0.191 e. The Labute approximate surface area is 148 Å². The third-order valence-corrected chi connectivity index (χ3v) is 4.80. The number of aryl methyl sites for hydroxylation is 1. The van der Waals surface area contributed by atoms with E-state index in [4.69, 9.17) is 0 Å². The highest BCUT2D eigenvalue weighted by Crippen LogP contribution is 2.25. The van der Waals surface area contributed by atoms with Gasteiger partial charge in [0.2, 0.25) is 0 Å². The monoisotopic (exact) mass is 424 g/mol. The molecule has 2 heterocycles. The lowest BCUT2D eigenvalue weighted by Gasteiger charge is -2.15. The fourth-order valence-corrected chi connectivity index (χ4v) is 3.47. The molecule has 6 nitrogen and oxygen atoms in total. The summed E-state index contributed by atoms with van der Waals surface area (Å²) in [5, 5.41) is 15.5. The van der Waals surface area contributed by atoms with Crippen LogP contribution < -0.4 is 10.6 Å². The number of aromatic nitrogens is 3. The van der Waals surface area contributed by atoms with Gasteiger partial charge in [-0.1, -0.05) is 6.92 Å². The molecule has 21 heavy (non-hydrogen) atoms. The Morgan fingerprint density at radius 3 is 3.05 bits per heavy atom. The minimum Gasteiger partial charge on any atom is -0.355 e. The van der Waals surface area contributed by atoms with E-state index in [-0.39, 0.29) is 24.0 Å². The molecule has 0 spiro atoms. The molecule has 1 aliphatic rings. The van der Waals surface area contributed by atoms with Crippen LogP contribution >= 0.6 is 35.7 Å². The molecule has 0 amide bonds. The fraction of sp³-hybridized carbons (Fsp3) is 0.769. The van der Waals surface area contributed by atoms with Gasteiger partial charge in [-0.2, -0.15) is 11.8 Å². The van der Waals surface area contributed by atoms with E-state index in [0.29, 0.717) is 0 Å². The van der Waals surface area contributed by atoms with Crippen LogP contribution in [0.2, 0.25) is 0 Å². The molecule has 8 heteroatoms. The number of rotatable bonds is 6. The minimum atomic E-state index is 0. The first-order chi connectivity index (χ1) is 9.83. The van der Waals surface area contributed by atoms with Crippen LogP contribution in [-0.2, 0) is 13.0 Å². The molecule has 0 radical (unpaired) electrons. The number of halogens is 1. The van der Waals surface area contributed by atoms with Gasteiger partial charge in [0.1, 0.15) is 12.2 Å². The van der Waals surface area contributed by atoms with E-state index in [9.17, 15) is 0 Å². The predicted molar refractivity (Wildman–Crippen MR) is 99.7 cm³/mol. The third-order valence-electron chi connectivity index (χ3n) is 3.40. The summed E-state index contributed by atoms with van der Waals surface area (Å²) in [4.78, 5) is 4.26. The van der Waals surface area contributed by atoms with Crippen molar-refractivity contribution < 1.29 is 0 Å². The van der Waals surface area contributed by atoms with E-state index in [1.165, 1.54) is 18.6 Å². The van der Waals surface area contributed by atoms with Gasteiger partial charge in [0.15, 0.2) is 5.96 Å². The van der Waals surface area contributed by atoms with Crippen molar-refractivity contribution in [2.75, 3.05) is 25.9 Å². The highest BCUT2D eigenvalue weighted by molar-refractivity contribution is 14.0. The summed E-state index contributed by atoms with van der Waals surface area (Å²) in [6.07, 6.45) is 5.35. The van der Waals surface area contributed by atoms with E-state index in [0.717, 1.165) is 43.1 Å². The van der Waals surface area contributed by atoms with Crippen LogP contribution in [0.3, 0.4) is 0 Å². The molecule has 2 rings (SSSR count). The summed E-state index contributed by atoms with van der Waals surface area (Å²) in [5.41, 5.74) is 0. The number of hydrogen-bond donors (Lipinski definition) is 2. The zero-order valence-corrected chi connectivity index (χ0v) is 15.9. The van der Waals surface area contributed by atoms with Crippen molar-refractivity contribution in [1.29, 1.82) is 0 Å². The maximum atomic E-state index is 4.26. The predicted octanol–water partition coefficient (Wildman–Crippen LogP) is 1.52. The van der Waals surface area contributed by atoms with E-state index in [1.807, 2.05) is 7.05 Å². The highest BCUT2D eigenvalue weighted by Gasteiger charge is 2.15. The van der Waals surface area contributed by atoms with E-state index in [1.54, 1.807) is 6.33 Å². The van der Waals surface area contributed by atoms with Gasteiger partial charge < -0.3 is 15.2 Å². The van der Waals surface area contributed by atoms with Crippen molar-refractivity contribution in [3.63, 3.8) is 0 Å². The van der Waals surface area contributed by atoms with Gasteiger partial charge in [-0.05, 0) is 18.6 Å². The number of hydrogen-bond acceptors (Lipinski definition) is 4. The lowest BCUT2D eigenvalue weighted by Crippen LogP contribution is -2.41. The molecule has 0 aliphatic carbocycles. The van der Waals surface area contributed by atoms with Crippen molar-refractivity contribution in [2.24, 2.45) is 4.99 Å². The van der Waals surface area contributed by atoms with Crippen LogP contribution in [-0.4, -0.2) is 51.9 Å².